The van der Waals surface area contributed by atoms with Crippen molar-refractivity contribution in [3.8, 4) is 5.75 Å². The number of likely N-dealkylation sites (N-methyl/N-ethyl adjacent to an activating group) is 1. The number of para-hydroxylation sites is 3. The van der Waals surface area contributed by atoms with Crippen LogP contribution in [0.4, 0.5) is 5.69 Å². The lowest BCUT2D eigenvalue weighted by Crippen LogP contribution is -2.30. The smallest absolute Gasteiger partial charge is 0.257 e. The molecular formula is C31H36N4O3. The number of imidazole rings is 1. The normalized spacial score (nSPS) is 10.9. The maximum atomic E-state index is 13.1. The molecule has 0 bridgehead atoms. The highest BCUT2D eigenvalue weighted by Gasteiger charge is 2.17. The van der Waals surface area contributed by atoms with E-state index in [0.29, 0.717) is 6.54 Å². The second kappa shape index (κ2) is 12.9. The van der Waals surface area contributed by atoms with Gasteiger partial charge in [-0.3, -0.25) is 9.59 Å². The number of carbonyl (C=O) groups excluding carboxylic acids is 2. The molecule has 4 rings (SSSR count). The van der Waals surface area contributed by atoms with Gasteiger partial charge in [-0.25, -0.2) is 4.98 Å². The summed E-state index contributed by atoms with van der Waals surface area (Å²) < 4.78 is 7.71. The Hall–Kier alpha value is -4.13. The molecule has 1 aromatic heterocycles. The summed E-state index contributed by atoms with van der Waals surface area (Å²) in [5, 5.41) is 2.94. The summed E-state index contributed by atoms with van der Waals surface area (Å²) in [6, 6.07) is 23.6. The van der Waals surface area contributed by atoms with E-state index in [1.54, 1.807) is 11.9 Å². The lowest BCUT2D eigenvalue weighted by atomic mass is 10.1. The average Bonchev–Trinajstić information content (AvgIpc) is 3.28. The molecule has 0 spiro atoms. The molecule has 2 amide bonds. The zero-order chi connectivity index (χ0) is 26.9. The number of carbonyl (C=O) groups is 2. The van der Waals surface area contributed by atoms with Gasteiger partial charge in [0, 0.05) is 25.7 Å². The number of nitrogens with zero attached hydrogens (tertiary/aromatic N) is 3. The first kappa shape index (κ1) is 26.9. The molecule has 1 N–H and O–H groups in total. The number of nitrogens with one attached hydrogen (secondary N) is 1. The van der Waals surface area contributed by atoms with Gasteiger partial charge < -0.3 is 19.5 Å². The zero-order valence-electron chi connectivity index (χ0n) is 22.4. The Morgan fingerprint density at radius 1 is 0.947 bits per heavy atom. The van der Waals surface area contributed by atoms with Crippen molar-refractivity contribution >= 4 is 28.5 Å². The fourth-order valence-corrected chi connectivity index (χ4v) is 4.40. The van der Waals surface area contributed by atoms with Gasteiger partial charge in [0.15, 0.2) is 6.61 Å². The largest absolute Gasteiger partial charge is 0.483 e. The minimum atomic E-state index is -0.117. The number of hydrogen-bond acceptors (Lipinski definition) is 4. The van der Waals surface area contributed by atoms with Gasteiger partial charge in [-0.15, -0.1) is 0 Å². The second-order valence-electron chi connectivity index (χ2n) is 9.61. The Morgan fingerprint density at radius 3 is 2.53 bits per heavy atom. The summed E-state index contributed by atoms with van der Waals surface area (Å²) in [6.07, 6.45) is 3.49. The fraction of sp³-hybridized carbons (Fsp3) is 0.323. The van der Waals surface area contributed by atoms with Crippen LogP contribution in [-0.4, -0.2) is 41.6 Å². The van der Waals surface area contributed by atoms with Crippen LogP contribution in [-0.2, 0) is 22.6 Å². The van der Waals surface area contributed by atoms with E-state index in [4.69, 9.17) is 9.72 Å². The number of anilines is 1. The number of aryl methyl sites for hydroxylation is 3. The van der Waals surface area contributed by atoms with E-state index in [1.165, 1.54) is 0 Å². The van der Waals surface area contributed by atoms with E-state index < -0.39 is 0 Å². The second-order valence-corrected chi connectivity index (χ2v) is 9.61. The number of rotatable bonds is 12. The average molecular weight is 513 g/mol. The number of unbranched alkanes of at least 4 members (excludes halogenated alkanes) is 2. The first-order valence-corrected chi connectivity index (χ1v) is 13.1. The minimum Gasteiger partial charge on any atom is -0.483 e. The summed E-state index contributed by atoms with van der Waals surface area (Å²) in [7, 11) is 1.80. The zero-order valence-corrected chi connectivity index (χ0v) is 22.4. The molecule has 38 heavy (non-hydrogen) atoms. The van der Waals surface area contributed by atoms with Crippen LogP contribution in [0.3, 0.4) is 0 Å². The summed E-state index contributed by atoms with van der Waals surface area (Å²) in [5.41, 5.74) is 4.85. The predicted octanol–water partition coefficient (Wildman–Crippen LogP) is 5.22. The Bertz CT molecular complexity index is 1380. The first-order valence-electron chi connectivity index (χ1n) is 13.1. The molecule has 198 valence electrons. The summed E-state index contributed by atoms with van der Waals surface area (Å²) in [5.74, 6) is 1.54. The van der Waals surface area contributed by atoms with E-state index in [-0.39, 0.29) is 25.0 Å². The standard InChI is InChI=1S/C31H36N4O3/c1-23-17-18-24(2)28(20-23)38-22-30(36)32-19-11-5-8-16-29-33-26-14-9-10-15-27(26)35(29)21-31(37)34(3)25-12-6-4-7-13-25/h4,6-7,9-10,12-15,17-18,20H,5,8,11,16,19,21-22H2,1-3H3,(H,32,36). The molecule has 0 saturated carbocycles. The van der Waals surface area contributed by atoms with E-state index in [9.17, 15) is 9.59 Å². The highest BCUT2D eigenvalue weighted by molar-refractivity contribution is 5.93. The number of fused-ring (bicyclic) bond motifs is 1. The minimum absolute atomic E-state index is 0.00592. The van der Waals surface area contributed by atoms with Crippen LogP contribution >= 0.6 is 0 Å². The molecule has 0 saturated heterocycles. The van der Waals surface area contributed by atoms with Crippen molar-refractivity contribution in [2.75, 3.05) is 25.1 Å². The van der Waals surface area contributed by atoms with E-state index >= 15 is 0 Å². The number of hydrogen-bond donors (Lipinski definition) is 1. The van der Waals surface area contributed by atoms with Crippen LogP contribution in [0.15, 0.2) is 72.8 Å². The van der Waals surface area contributed by atoms with Crippen LogP contribution in [0, 0.1) is 13.8 Å². The maximum Gasteiger partial charge on any atom is 0.257 e. The van der Waals surface area contributed by atoms with E-state index in [1.807, 2.05) is 91.2 Å². The van der Waals surface area contributed by atoms with Gasteiger partial charge in [-0.2, -0.15) is 0 Å². The van der Waals surface area contributed by atoms with Gasteiger partial charge in [0.05, 0.1) is 11.0 Å². The van der Waals surface area contributed by atoms with Crippen molar-refractivity contribution in [3.63, 3.8) is 0 Å². The molecule has 0 unspecified atom stereocenters. The molecule has 0 aliphatic rings. The van der Waals surface area contributed by atoms with E-state index in [2.05, 4.69) is 5.32 Å². The fourth-order valence-electron chi connectivity index (χ4n) is 4.40. The lowest BCUT2D eigenvalue weighted by molar-refractivity contribution is -0.123. The van der Waals surface area contributed by atoms with Gasteiger partial charge in [0.2, 0.25) is 5.91 Å². The van der Waals surface area contributed by atoms with E-state index in [0.717, 1.165) is 65.1 Å². The van der Waals surface area contributed by atoms with Crippen LogP contribution in [0.5, 0.6) is 5.75 Å². The maximum absolute atomic E-state index is 13.1. The lowest BCUT2D eigenvalue weighted by Gasteiger charge is -2.18. The number of benzene rings is 3. The SMILES string of the molecule is Cc1ccc(C)c(OCC(=O)NCCCCCc2nc3ccccc3n2CC(=O)N(C)c2ccccc2)c1. The Morgan fingerprint density at radius 2 is 1.71 bits per heavy atom. The Balaban J connectivity index is 1.25. The van der Waals surface area contributed by atoms with Crippen molar-refractivity contribution in [2.24, 2.45) is 0 Å². The Kier molecular flexibility index (Phi) is 9.14. The molecule has 0 atom stereocenters. The van der Waals surface area contributed by atoms with Gasteiger partial charge in [0.1, 0.15) is 18.1 Å². The Labute approximate surface area is 224 Å². The van der Waals surface area contributed by atoms with Gasteiger partial charge in [-0.05, 0) is 68.1 Å². The molecule has 7 heteroatoms. The van der Waals surface area contributed by atoms with Crippen molar-refractivity contribution in [1.29, 1.82) is 0 Å². The number of ether oxygens (including phenoxy) is 1. The summed E-state index contributed by atoms with van der Waals surface area (Å²) in [6.45, 7) is 4.82. The van der Waals surface area contributed by atoms with Gasteiger partial charge in [0.25, 0.3) is 5.91 Å². The summed E-state index contributed by atoms with van der Waals surface area (Å²) >= 11 is 0. The third kappa shape index (κ3) is 7.00. The quantitative estimate of drug-likeness (QED) is 0.264. The number of amides is 2. The molecule has 4 aromatic rings. The van der Waals surface area contributed by atoms with Gasteiger partial charge >= 0.3 is 0 Å². The molecule has 0 aliphatic heterocycles. The highest BCUT2D eigenvalue weighted by atomic mass is 16.5. The molecule has 3 aromatic carbocycles. The van der Waals surface area contributed by atoms with Crippen molar-refractivity contribution < 1.29 is 14.3 Å². The van der Waals surface area contributed by atoms with Crippen molar-refractivity contribution in [3.05, 3.63) is 89.7 Å². The van der Waals surface area contributed by atoms with Crippen LogP contribution in [0.2, 0.25) is 0 Å². The van der Waals surface area contributed by atoms with Crippen LogP contribution in [0.25, 0.3) is 11.0 Å². The molecule has 0 aliphatic carbocycles. The van der Waals surface area contributed by atoms with Crippen LogP contribution < -0.4 is 15.0 Å². The third-order valence-electron chi connectivity index (χ3n) is 6.65. The van der Waals surface area contributed by atoms with Crippen molar-refractivity contribution in [1.82, 2.24) is 14.9 Å². The first-order chi connectivity index (χ1) is 18.4. The monoisotopic (exact) mass is 512 g/mol. The summed E-state index contributed by atoms with van der Waals surface area (Å²) in [4.78, 5) is 31.8. The number of aromatic nitrogens is 2. The van der Waals surface area contributed by atoms with Crippen LogP contribution in [0.1, 0.15) is 36.2 Å². The predicted molar refractivity (Wildman–Crippen MR) is 152 cm³/mol. The topological polar surface area (TPSA) is 76.5 Å². The third-order valence-corrected chi connectivity index (χ3v) is 6.65. The highest BCUT2D eigenvalue weighted by Crippen LogP contribution is 2.20. The molecule has 0 radical (unpaired) electrons. The van der Waals surface area contributed by atoms with Crippen molar-refractivity contribution in [2.45, 2.75) is 46.1 Å². The molecule has 0 fully saturated rings. The van der Waals surface area contributed by atoms with Gasteiger partial charge in [-0.1, -0.05) is 48.9 Å². The molecular weight excluding hydrogens is 476 g/mol. The molecule has 7 nitrogen and oxygen atoms in total. The molecule has 1 heterocycles.